The minimum absolute atomic E-state index is 0.00845. The van der Waals surface area contributed by atoms with Crippen LogP contribution in [0.1, 0.15) is 11.1 Å². The molecule has 0 heterocycles. The van der Waals surface area contributed by atoms with Crippen LogP contribution in [-0.2, 0) is 11.2 Å². The Bertz CT molecular complexity index is 701. The number of amides is 1. The van der Waals surface area contributed by atoms with Gasteiger partial charge in [0.2, 0.25) is 5.91 Å². The lowest BCUT2D eigenvalue weighted by atomic mass is 10.1. The first-order valence-electron chi connectivity index (χ1n) is 7.68. The van der Waals surface area contributed by atoms with Crippen molar-refractivity contribution in [3.8, 4) is 5.75 Å². The Labute approximate surface area is 146 Å². The van der Waals surface area contributed by atoms with Crippen LogP contribution in [0, 0.1) is 0 Å². The fourth-order valence-corrected chi connectivity index (χ4v) is 2.47. The van der Waals surface area contributed by atoms with Crippen LogP contribution in [0.2, 0.25) is 5.02 Å². The smallest absolute Gasteiger partial charge is 0.227 e. The van der Waals surface area contributed by atoms with Gasteiger partial charge >= 0.3 is 0 Å². The molecule has 5 heteroatoms. The highest BCUT2D eigenvalue weighted by atomic mass is 35.5. The number of hydrogen-bond donors (Lipinski definition) is 2. The molecule has 0 atom stereocenters. The molecular formula is C19H20ClNO3. The first-order valence-corrected chi connectivity index (χ1v) is 8.05. The Hall–Kier alpha value is -2.30. The molecule has 0 aliphatic heterocycles. The summed E-state index contributed by atoms with van der Waals surface area (Å²) in [6.07, 6.45) is 4.00. The van der Waals surface area contributed by atoms with Crippen LogP contribution in [0.25, 0.3) is 6.08 Å². The van der Waals surface area contributed by atoms with Crippen molar-refractivity contribution in [1.82, 2.24) is 4.90 Å². The second-order valence-electron chi connectivity index (χ2n) is 5.34. The van der Waals surface area contributed by atoms with Crippen molar-refractivity contribution in [3.05, 3.63) is 70.8 Å². The summed E-state index contributed by atoms with van der Waals surface area (Å²) in [6.45, 7) is 0.588. The van der Waals surface area contributed by atoms with E-state index < -0.39 is 0 Å². The molecule has 0 bridgehead atoms. The van der Waals surface area contributed by atoms with Gasteiger partial charge in [0.25, 0.3) is 0 Å². The Morgan fingerprint density at radius 3 is 2.58 bits per heavy atom. The monoisotopic (exact) mass is 345 g/mol. The molecule has 0 aromatic heterocycles. The van der Waals surface area contributed by atoms with E-state index in [2.05, 4.69) is 0 Å². The molecule has 24 heavy (non-hydrogen) atoms. The van der Waals surface area contributed by atoms with Crippen molar-refractivity contribution in [1.29, 1.82) is 0 Å². The zero-order valence-electron chi connectivity index (χ0n) is 13.2. The van der Waals surface area contributed by atoms with Crippen molar-refractivity contribution >= 4 is 23.6 Å². The Morgan fingerprint density at radius 2 is 1.92 bits per heavy atom. The summed E-state index contributed by atoms with van der Waals surface area (Å²) in [6, 6.07) is 14.5. The van der Waals surface area contributed by atoms with Crippen molar-refractivity contribution in [3.63, 3.8) is 0 Å². The number of rotatable bonds is 7. The number of hydrogen-bond acceptors (Lipinski definition) is 3. The van der Waals surface area contributed by atoms with Crippen molar-refractivity contribution < 1.29 is 15.0 Å². The fourth-order valence-electron chi connectivity index (χ4n) is 2.27. The summed E-state index contributed by atoms with van der Waals surface area (Å²) in [7, 11) is 0. The lowest BCUT2D eigenvalue weighted by molar-refractivity contribution is -0.130. The molecule has 0 aliphatic rings. The molecule has 0 unspecified atom stereocenters. The molecule has 0 radical (unpaired) electrons. The Kier molecular flexibility index (Phi) is 6.85. The van der Waals surface area contributed by atoms with Gasteiger partial charge in [0.05, 0.1) is 18.1 Å². The summed E-state index contributed by atoms with van der Waals surface area (Å²) < 4.78 is 0. The predicted octanol–water partition coefficient (Wildman–Crippen LogP) is 3.12. The third-order valence-corrected chi connectivity index (χ3v) is 3.83. The van der Waals surface area contributed by atoms with Crippen LogP contribution < -0.4 is 0 Å². The number of aliphatic hydroxyl groups is 1. The van der Waals surface area contributed by atoms with E-state index in [1.165, 1.54) is 6.07 Å². The maximum atomic E-state index is 12.4. The van der Waals surface area contributed by atoms with Gasteiger partial charge in [-0.05, 0) is 23.3 Å². The van der Waals surface area contributed by atoms with Gasteiger partial charge in [0.15, 0.2) is 0 Å². The molecule has 0 saturated heterocycles. The largest absolute Gasteiger partial charge is 0.506 e. The molecule has 0 saturated carbocycles. The summed E-state index contributed by atoms with van der Waals surface area (Å²) in [5.41, 5.74) is 1.77. The average molecular weight is 346 g/mol. The number of phenolic OH excluding ortho intramolecular Hbond substituents is 1. The van der Waals surface area contributed by atoms with Gasteiger partial charge in [-0.3, -0.25) is 4.79 Å². The SMILES string of the molecule is O=C(Cc1ccc(O)c(Cl)c1)N(C/C=C/c1ccccc1)CCO. The minimum Gasteiger partial charge on any atom is -0.506 e. The van der Waals surface area contributed by atoms with Crippen molar-refractivity contribution in [2.75, 3.05) is 19.7 Å². The van der Waals surface area contributed by atoms with Crippen LogP contribution in [0.5, 0.6) is 5.75 Å². The van der Waals surface area contributed by atoms with Gasteiger partial charge in [-0.1, -0.05) is 60.2 Å². The molecule has 2 aromatic rings. The molecule has 0 aliphatic carbocycles. The molecule has 1 amide bonds. The lowest BCUT2D eigenvalue weighted by Gasteiger charge is -2.20. The van der Waals surface area contributed by atoms with Gasteiger partial charge in [-0.15, -0.1) is 0 Å². The van der Waals surface area contributed by atoms with E-state index in [0.29, 0.717) is 6.54 Å². The topological polar surface area (TPSA) is 60.8 Å². The molecule has 2 aromatic carbocycles. The Morgan fingerprint density at radius 1 is 1.17 bits per heavy atom. The normalized spacial score (nSPS) is 10.9. The summed E-state index contributed by atoms with van der Waals surface area (Å²) in [4.78, 5) is 14.0. The molecular weight excluding hydrogens is 326 g/mol. The van der Waals surface area contributed by atoms with Crippen LogP contribution in [0.3, 0.4) is 0 Å². The van der Waals surface area contributed by atoms with E-state index in [1.54, 1.807) is 17.0 Å². The standard InChI is InChI=1S/C19H20ClNO3/c20-17-13-16(8-9-18(17)23)14-19(24)21(11-12-22)10-4-7-15-5-2-1-3-6-15/h1-9,13,22-23H,10-12,14H2/b7-4+. The van der Waals surface area contributed by atoms with Crippen LogP contribution in [0.4, 0.5) is 0 Å². The molecule has 0 fully saturated rings. The molecule has 2 N–H and O–H groups in total. The highest BCUT2D eigenvalue weighted by Gasteiger charge is 2.13. The van der Waals surface area contributed by atoms with Crippen LogP contribution >= 0.6 is 11.6 Å². The quantitative estimate of drug-likeness (QED) is 0.810. The summed E-state index contributed by atoms with van der Waals surface area (Å²) >= 11 is 5.86. The van der Waals surface area contributed by atoms with Gasteiger partial charge in [-0.25, -0.2) is 0 Å². The van der Waals surface area contributed by atoms with E-state index in [-0.39, 0.29) is 36.3 Å². The van der Waals surface area contributed by atoms with Crippen molar-refractivity contribution in [2.45, 2.75) is 6.42 Å². The number of carbonyl (C=O) groups excluding carboxylic acids is 1. The third kappa shape index (κ3) is 5.41. The molecule has 0 spiro atoms. The second kappa shape index (κ2) is 9.11. The van der Waals surface area contributed by atoms with E-state index in [1.807, 2.05) is 42.5 Å². The summed E-state index contributed by atoms with van der Waals surface area (Å²) in [5, 5.41) is 18.8. The van der Waals surface area contributed by atoms with E-state index >= 15 is 0 Å². The first kappa shape index (κ1) is 18.0. The zero-order chi connectivity index (χ0) is 17.4. The van der Waals surface area contributed by atoms with E-state index in [0.717, 1.165) is 11.1 Å². The van der Waals surface area contributed by atoms with Crippen LogP contribution in [-0.4, -0.2) is 40.7 Å². The number of nitrogens with zero attached hydrogens (tertiary/aromatic N) is 1. The molecule has 126 valence electrons. The fraction of sp³-hybridized carbons (Fsp3) is 0.211. The predicted molar refractivity (Wildman–Crippen MR) is 96.0 cm³/mol. The third-order valence-electron chi connectivity index (χ3n) is 3.53. The van der Waals surface area contributed by atoms with E-state index in [9.17, 15) is 15.0 Å². The second-order valence-corrected chi connectivity index (χ2v) is 5.75. The number of aromatic hydroxyl groups is 1. The highest BCUT2D eigenvalue weighted by Crippen LogP contribution is 2.24. The van der Waals surface area contributed by atoms with E-state index in [4.69, 9.17) is 11.6 Å². The van der Waals surface area contributed by atoms with Gasteiger partial charge < -0.3 is 15.1 Å². The average Bonchev–Trinajstić information content (AvgIpc) is 2.58. The zero-order valence-corrected chi connectivity index (χ0v) is 14.0. The van der Waals surface area contributed by atoms with Gasteiger partial charge in [0.1, 0.15) is 5.75 Å². The number of benzene rings is 2. The number of halogens is 1. The van der Waals surface area contributed by atoms with Crippen molar-refractivity contribution in [2.24, 2.45) is 0 Å². The number of carbonyl (C=O) groups is 1. The number of aliphatic hydroxyl groups excluding tert-OH is 1. The highest BCUT2D eigenvalue weighted by molar-refractivity contribution is 6.32. The van der Waals surface area contributed by atoms with Crippen LogP contribution in [0.15, 0.2) is 54.6 Å². The first-order chi connectivity index (χ1) is 11.6. The maximum Gasteiger partial charge on any atom is 0.227 e. The molecule has 4 nitrogen and oxygen atoms in total. The Balaban J connectivity index is 1.99. The van der Waals surface area contributed by atoms with Gasteiger partial charge in [0, 0.05) is 13.1 Å². The summed E-state index contributed by atoms with van der Waals surface area (Å²) in [5.74, 6) is -0.116. The minimum atomic E-state index is -0.108. The molecule has 2 rings (SSSR count). The van der Waals surface area contributed by atoms with Gasteiger partial charge in [-0.2, -0.15) is 0 Å². The lowest BCUT2D eigenvalue weighted by Crippen LogP contribution is -2.34. The number of phenols is 1. The maximum absolute atomic E-state index is 12.4.